The number of aromatic nitrogens is 3. The van der Waals surface area contributed by atoms with E-state index in [0.29, 0.717) is 31.4 Å². The highest BCUT2D eigenvalue weighted by Gasteiger charge is 2.31. The molecule has 2 amide bonds. The van der Waals surface area contributed by atoms with Crippen LogP contribution >= 0.6 is 23.1 Å². The fourth-order valence-corrected chi connectivity index (χ4v) is 5.86. The van der Waals surface area contributed by atoms with Gasteiger partial charge < -0.3 is 9.80 Å². The van der Waals surface area contributed by atoms with Crippen LogP contribution in [0.15, 0.2) is 22.7 Å². The summed E-state index contributed by atoms with van der Waals surface area (Å²) in [5.74, 6) is 1.67. The van der Waals surface area contributed by atoms with Crippen LogP contribution in [0.25, 0.3) is 10.7 Å². The molecule has 3 fully saturated rings. The third-order valence-electron chi connectivity index (χ3n) is 6.19. The zero-order valence-electron chi connectivity index (χ0n) is 17.6. The SMILES string of the molecule is O=C(CSc1nnc(-c2cccs2)n1C1CC1)N1CCN(CC(=O)N2CCCC2)CC1. The van der Waals surface area contributed by atoms with Crippen molar-refractivity contribution in [3.8, 4) is 10.7 Å². The first-order chi connectivity index (χ1) is 15.2. The molecule has 166 valence electrons. The summed E-state index contributed by atoms with van der Waals surface area (Å²) in [6, 6.07) is 4.56. The van der Waals surface area contributed by atoms with E-state index in [-0.39, 0.29) is 11.8 Å². The molecule has 0 unspecified atom stereocenters. The summed E-state index contributed by atoms with van der Waals surface area (Å²) in [5.41, 5.74) is 0. The first-order valence-corrected chi connectivity index (χ1v) is 12.9. The summed E-state index contributed by atoms with van der Waals surface area (Å²) in [6.07, 6.45) is 4.54. The molecule has 2 saturated heterocycles. The summed E-state index contributed by atoms with van der Waals surface area (Å²) in [6.45, 7) is 5.16. The van der Waals surface area contributed by atoms with Gasteiger partial charge in [-0.05, 0) is 37.1 Å². The molecule has 31 heavy (non-hydrogen) atoms. The highest BCUT2D eigenvalue weighted by molar-refractivity contribution is 7.99. The topological polar surface area (TPSA) is 74.6 Å². The molecule has 2 aromatic heterocycles. The molecule has 0 aromatic carbocycles. The van der Waals surface area contributed by atoms with Crippen LogP contribution in [0.1, 0.15) is 31.7 Å². The number of rotatable bonds is 7. The predicted molar refractivity (Wildman–Crippen MR) is 121 cm³/mol. The zero-order chi connectivity index (χ0) is 21.2. The highest BCUT2D eigenvalue weighted by atomic mass is 32.2. The van der Waals surface area contributed by atoms with Gasteiger partial charge in [-0.2, -0.15) is 0 Å². The van der Waals surface area contributed by atoms with E-state index in [9.17, 15) is 9.59 Å². The average molecular weight is 461 g/mol. The molecule has 4 heterocycles. The lowest BCUT2D eigenvalue weighted by atomic mass is 10.3. The Bertz CT molecular complexity index is 912. The number of likely N-dealkylation sites (tertiary alicyclic amines) is 1. The number of thiophene rings is 1. The number of nitrogens with zero attached hydrogens (tertiary/aromatic N) is 6. The Labute approximate surface area is 190 Å². The maximum atomic E-state index is 12.8. The van der Waals surface area contributed by atoms with Crippen LogP contribution in [0, 0.1) is 0 Å². The smallest absolute Gasteiger partial charge is 0.236 e. The number of hydrogen-bond donors (Lipinski definition) is 0. The van der Waals surface area contributed by atoms with Crippen LogP contribution in [-0.4, -0.2) is 92.8 Å². The van der Waals surface area contributed by atoms with Gasteiger partial charge >= 0.3 is 0 Å². The van der Waals surface area contributed by atoms with Gasteiger partial charge in [0, 0.05) is 45.3 Å². The average Bonchev–Trinajstić information content (AvgIpc) is 3.22. The number of carbonyl (C=O) groups excluding carboxylic acids is 2. The van der Waals surface area contributed by atoms with Crippen molar-refractivity contribution in [2.45, 2.75) is 36.9 Å². The summed E-state index contributed by atoms with van der Waals surface area (Å²) in [5, 5.41) is 11.7. The molecule has 5 rings (SSSR count). The van der Waals surface area contributed by atoms with Crippen LogP contribution in [0.5, 0.6) is 0 Å². The summed E-state index contributed by atoms with van der Waals surface area (Å²) in [7, 11) is 0. The van der Waals surface area contributed by atoms with Gasteiger partial charge in [0.2, 0.25) is 11.8 Å². The summed E-state index contributed by atoms with van der Waals surface area (Å²) in [4.78, 5) is 32.3. The van der Waals surface area contributed by atoms with E-state index in [4.69, 9.17) is 0 Å². The Kier molecular flexibility index (Phi) is 6.29. The molecule has 1 saturated carbocycles. The molecule has 0 bridgehead atoms. The quantitative estimate of drug-likeness (QED) is 0.590. The monoisotopic (exact) mass is 460 g/mol. The lowest BCUT2D eigenvalue weighted by Gasteiger charge is -2.35. The normalized spacial score (nSPS) is 19.9. The number of thioether (sulfide) groups is 1. The largest absolute Gasteiger partial charge is 0.342 e. The van der Waals surface area contributed by atoms with Crippen molar-refractivity contribution in [1.82, 2.24) is 29.5 Å². The fourth-order valence-electron chi connectivity index (χ4n) is 4.24. The second kappa shape index (κ2) is 9.30. The van der Waals surface area contributed by atoms with E-state index < -0.39 is 0 Å². The third kappa shape index (κ3) is 4.80. The second-order valence-corrected chi connectivity index (χ2v) is 10.3. The van der Waals surface area contributed by atoms with E-state index in [1.807, 2.05) is 15.9 Å². The van der Waals surface area contributed by atoms with Gasteiger partial charge in [0.1, 0.15) is 0 Å². The van der Waals surface area contributed by atoms with Crippen LogP contribution in [-0.2, 0) is 9.59 Å². The molecule has 8 nitrogen and oxygen atoms in total. The van der Waals surface area contributed by atoms with Crippen molar-refractivity contribution in [2.75, 3.05) is 51.6 Å². The molecular formula is C21H28N6O2S2. The molecular weight excluding hydrogens is 432 g/mol. The molecule has 0 atom stereocenters. The van der Waals surface area contributed by atoms with Gasteiger partial charge in [0.25, 0.3) is 0 Å². The minimum atomic E-state index is 0.138. The maximum Gasteiger partial charge on any atom is 0.236 e. The Balaban J connectivity index is 1.12. The van der Waals surface area contributed by atoms with Crippen molar-refractivity contribution < 1.29 is 9.59 Å². The Morgan fingerprint density at radius 1 is 1.00 bits per heavy atom. The molecule has 0 radical (unpaired) electrons. The van der Waals surface area contributed by atoms with Crippen LogP contribution in [0.2, 0.25) is 0 Å². The van der Waals surface area contributed by atoms with Gasteiger partial charge in [-0.15, -0.1) is 21.5 Å². The van der Waals surface area contributed by atoms with Gasteiger partial charge in [-0.25, -0.2) is 0 Å². The third-order valence-corrected chi connectivity index (χ3v) is 7.98. The Morgan fingerprint density at radius 2 is 1.74 bits per heavy atom. The van der Waals surface area contributed by atoms with Gasteiger partial charge in [0.05, 0.1) is 17.2 Å². The molecule has 10 heteroatoms. The number of amides is 2. The standard InChI is InChI=1S/C21H28N6O2S2/c28-18(25-7-1-2-8-25)14-24-9-11-26(12-10-24)19(29)15-31-21-23-22-20(17-4-3-13-30-17)27(21)16-5-6-16/h3-4,13,16H,1-2,5-12,14-15H2. The van der Waals surface area contributed by atoms with E-state index in [0.717, 1.165) is 67.7 Å². The van der Waals surface area contributed by atoms with Crippen molar-refractivity contribution in [3.05, 3.63) is 17.5 Å². The van der Waals surface area contributed by atoms with Crippen LogP contribution in [0.4, 0.5) is 0 Å². The van der Waals surface area contributed by atoms with Crippen LogP contribution < -0.4 is 0 Å². The van der Waals surface area contributed by atoms with E-state index >= 15 is 0 Å². The van der Waals surface area contributed by atoms with E-state index in [1.165, 1.54) is 11.8 Å². The van der Waals surface area contributed by atoms with E-state index in [2.05, 4.69) is 31.1 Å². The van der Waals surface area contributed by atoms with Crippen molar-refractivity contribution >= 4 is 34.9 Å². The highest BCUT2D eigenvalue weighted by Crippen LogP contribution is 2.41. The van der Waals surface area contributed by atoms with Crippen LogP contribution in [0.3, 0.4) is 0 Å². The lowest BCUT2D eigenvalue weighted by molar-refractivity contribution is -0.133. The van der Waals surface area contributed by atoms with Crippen molar-refractivity contribution in [3.63, 3.8) is 0 Å². The fraction of sp³-hybridized carbons (Fsp3) is 0.619. The van der Waals surface area contributed by atoms with Crippen molar-refractivity contribution in [2.24, 2.45) is 0 Å². The molecule has 0 spiro atoms. The minimum Gasteiger partial charge on any atom is -0.342 e. The molecule has 0 N–H and O–H groups in total. The molecule has 2 aliphatic heterocycles. The van der Waals surface area contributed by atoms with Gasteiger partial charge in [0.15, 0.2) is 11.0 Å². The zero-order valence-corrected chi connectivity index (χ0v) is 19.2. The van der Waals surface area contributed by atoms with Gasteiger partial charge in [-0.3, -0.25) is 19.1 Å². The molecule has 1 aliphatic carbocycles. The van der Waals surface area contributed by atoms with Crippen molar-refractivity contribution in [1.29, 1.82) is 0 Å². The Hall–Kier alpha value is -1.91. The molecule has 3 aliphatic rings. The molecule has 2 aromatic rings. The van der Waals surface area contributed by atoms with Gasteiger partial charge in [-0.1, -0.05) is 17.8 Å². The van der Waals surface area contributed by atoms with E-state index in [1.54, 1.807) is 11.3 Å². The predicted octanol–water partition coefficient (Wildman–Crippen LogP) is 2.20. The Morgan fingerprint density at radius 3 is 2.42 bits per heavy atom. The lowest BCUT2D eigenvalue weighted by Crippen LogP contribution is -2.51. The number of piperazine rings is 1. The number of hydrogen-bond acceptors (Lipinski definition) is 7. The first-order valence-electron chi connectivity index (χ1n) is 11.1. The number of carbonyl (C=O) groups is 2. The summed E-state index contributed by atoms with van der Waals surface area (Å²) < 4.78 is 2.21. The summed E-state index contributed by atoms with van der Waals surface area (Å²) >= 11 is 3.16. The second-order valence-electron chi connectivity index (χ2n) is 8.42. The minimum absolute atomic E-state index is 0.138. The maximum absolute atomic E-state index is 12.8. The first kappa shape index (κ1) is 21.0.